The van der Waals surface area contributed by atoms with E-state index in [1.165, 1.54) is 0 Å². The Kier molecular flexibility index (Phi) is 5.69. The SMILES string of the molecule is COc1ccc(N2CCN(C(=O)CC3c4ncccc4C(=O)N3c3ccccc3)CC2)cc1. The van der Waals surface area contributed by atoms with Gasteiger partial charge < -0.3 is 14.5 Å². The van der Waals surface area contributed by atoms with Crippen molar-refractivity contribution >= 4 is 23.2 Å². The number of ether oxygens (including phenoxy) is 1. The van der Waals surface area contributed by atoms with E-state index < -0.39 is 6.04 Å². The zero-order valence-corrected chi connectivity index (χ0v) is 18.6. The third-order valence-corrected chi connectivity index (χ3v) is 6.39. The molecule has 0 radical (unpaired) electrons. The normalized spacial score (nSPS) is 17.8. The van der Waals surface area contributed by atoms with Crippen LogP contribution in [0.4, 0.5) is 11.4 Å². The number of carbonyl (C=O) groups excluding carboxylic acids is 2. The number of hydrogen-bond acceptors (Lipinski definition) is 5. The quantitative estimate of drug-likeness (QED) is 0.605. The van der Waals surface area contributed by atoms with Gasteiger partial charge in [-0.1, -0.05) is 18.2 Å². The lowest BCUT2D eigenvalue weighted by molar-refractivity contribution is -0.131. The Labute approximate surface area is 193 Å². The van der Waals surface area contributed by atoms with Crippen molar-refractivity contribution in [2.75, 3.05) is 43.1 Å². The molecule has 0 spiro atoms. The minimum Gasteiger partial charge on any atom is -0.497 e. The molecule has 0 bridgehead atoms. The predicted octanol–water partition coefficient (Wildman–Crippen LogP) is 3.53. The van der Waals surface area contributed by atoms with E-state index in [1.54, 1.807) is 30.3 Å². The second-order valence-corrected chi connectivity index (χ2v) is 8.23. The highest BCUT2D eigenvalue weighted by atomic mass is 16.5. The van der Waals surface area contributed by atoms with E-state index in [9.17, 15) is 9.59 Å². The molecule has 1 saturated heterocycles. The predicted molar refractivity (Wildman–Crippen MR) is 127 cm³/mol. The molecule has 2 aliphatic rings. The van der Waals surface area contributed by atoms with Crippen molar-refractivity contribution in [3.63, 3.8) is 0 Å². The number of anilines is 2. The van der Waals surface area contributed by atoms with Gasteiger partial charge in [0.1, 0.15) is 5.75 Å². The third-order valence-electron chi connectivity index (χ3n) is 6.39. The van der Waals surface area contributed by atoms with Gasteiger partial charge in [-0.3, -0.25) is 19.5 Å². The molecular weight excluding hydrogens is 416 g/mol. The second-order valence-electron chi connectivity index (χ2n) is 8.23. The van der Waals surface area contributed by atoms with Crippen LogP contribution in [0.5, 0.6) is 5.75 Å². The van der Waals surface area contributed by atoms with Gasteiger partial charge in [0.15, 0.2) is 0 Å². The number of piperazine rings is 1. The van der Waals surface area contributed by atoms with E-state index in [1.807, 2.05) is 59.5 Å². The molecular formula is C26H26N4O3. The van der Waals surface area contributed by atoms with Gasteiger partial charge in [0.2, 0.25) is 5.91 Å². The number of fused-ring (bicyclic) bond motifs is 1. The fraction of sp³-hybridized carbons (Fsp3) is 0.269. The Hall–Kier alpha value is -3.87. The lowest BCUT2D eigenvalue weighted by atomic mass is 10.1. The van der Waals surface area contributed by atoms with E-state index in [-0.39, 0.29) is 18.2 Å². The minimum absolute atomic E-state index is 0.0432. The molecule has 5 rings (SSSR count). The van der Waals surface area contributed by atoms with Crippen LogP contribution in [-0.4, -0.2) is 55.0 Å². The van der Waals surface area contributed by atoms with Crippen LogP contribution in [-0.2, 0) is 4.79 Å². The summed E-state index contributed by atoms with van der Waals surface area (Å²) in [6.45, 7) is 2.82. The maximum atomic E-state index is 13.3. The van der Waals surface area contributed by atoms with Crippen molar-refractivity contribution in [1.29, 1.82) is 0 Å². The van der Waals surface area contributed by atoms with Gasteiger partial charge in [0.25, 0.3) is 5.91 Å². The lowest BCUT2D eigenvalue weighted by Gasteiger charge is -2.37. The Morgan fingerprint density at radius 1 is 0.939 bits per heavy atom. The first-order chi connectivity index (χ1) is 16.2. The molecule has 3 aromatic rings. The fourth-order valence-corrected chi connectivity index (χ4v) is 4.63. The van der Waals surface area contributed by atoms with E-state index in [2.05, 4.69) is 9.88 Å². The lowest BCUT2D eigenvalue weighted by Crippen LogP contribution is -2.49. The maximum absolute atomic E-state index is 13.3. The molecule has 1 fully saturated rings. The molecule has 2 aliphatic heterocycles. The fourth-order valence-electron chi connectivity index (χ4n) is 4.63. The summed E-state index contributed by atoms with van der Waals surface area (Å²) in [5.41, 5.74) is 3.15. The summed E-state index contributed by atoms with van der Waals surface area (Å²) in [6, 6.07) is 20.7. The molecule has 7 heteroatoms. The summed E-state index contributed by atoms with van der Waals surface area (Å²) < 4.78 is 5.24. The van der Waals surface area contributed by atoms with Gasteiger partial charge in [-0.05, 0) is 48.5 Å². The van der Waals surface area contributed by atoms with Gasteiger partial charge in [-0.25, -0.2) is 0 Å². The number of amides is 2. The molecule has 33 heavy (non-hydrogen) atoms. The summed E-state index contributed by atoms with van der Waals surface area (Å²) in [4.78, 5) is 36.8. The number of carbonyl (C=O) groups is 2. The van der Waals surface area contributed by atoms with Gasteiger partial charge in [-0.15, -0.1) is 0 Å². The topological polar surface area (TPSA) is 66.0 Å². The number of para-hydroxylation sites is 1. The average molecular weight is 443 g/mol. The first-order valence-corrected chi connectivity index (χ1v) is 11.2. The Balaban J connectivity index is 1.30. The highest BCUT2D eigenvalue weighted by molar-refractivity contribution is 6.11. The molecule has 7 nitrogen and oxygen atoms in total. The summed E-state index contributed by atoms with van der Waals surface area (Å²) >= 11 is 0. The van der Waals surface area contributed by atoms with Crippen LogP contribution in [0.3, 0.4) is 0 Å². The largest absolute Gasteiger partial charge is 0.497 e. The number of rotatable bonds is 5. The zero-order valence-electron chi connectivity index (χ0n) is 18.6. The molecule has 0 aliphatic carbocycles. The average Bonchev–Trinajstić information content (AvgIpc) is 3.16. The standard InChI is InChI=1S/C26H26N4O3/c1-33-21-11-9-19(10-12-21)28-14-16-29(17-15-28)24(31)18-23-25-22(8-5-13-27-25)26(32)30(23)20-6-3-2-4-7-20/h2-13,23H,14-18H2,1H3. The maximum Gasteiger partial charge on any atom is 0.260 e. The third kappa shape index (κ3) is 4.02. The number of aromatic nitrogens is 1. The van der Waals surface area contributed by atoms with Crippen LogP contribution >= 0.6 is 0 Å². The van der Waals surface area contributed by atoms with Crippen LogP contribution in [0.1, 0.15) is 28.5 Å². The zero-order chi connectivity index (χ0) is 22.8. The van der Waals surface area contributed by atoms with Crippen molar-refractivity contribution in [3.8, 4) is 5.75 Å². The summed E-state index contributed by atoms with van der Waals surface area (Å²) in [6.07, 6.45) is 1.90. The van der Waals surface area contributed by atoms with Crippen molar-refractivity contribution in [1.82, 2.24) is 9.88 Å². The monoisotopic (exact) mass is 442 g/mol. The van der Waals surface area contributed by atoms with Crippen molar-refractivity contribution in [2.24, 2.45) is 0 Å². The molecule has 2 amide bonds. The molecule has 0 N–H and O–H groups in total. The number of benzene rings is 2. The van der Waals surface area contributed by atoms with Crippen molar-refractivity contribution in [3.05, 3.63) is 84.2 Å². The molecule has 3 heterocycles. The minimum atomic E-state index is -0.400. The molecule has 1 unspecified atom stereocenters. The summed E-state index contributed by atoms with van der Waals surface area (Å²) in [5.74, 6) is 0.767. The number of nitrogens with zero attached hydrogens (tertiary/aromatic N) is 4. The molecule has 0 saturated carbocycles. The second kappa shape index (κ2) is 8.94. The Morgan fingerprint density at radius 2 is 1.67 bits per heavy atom. The summed E-state index contributed by atoms with van der Waals surface area (Å²) in [5, 5.41) is 0. The van der Waals surface area contributed by atoms with Gasteiger partial charge in [0, 0.05) is 43.8 Å². The number of hydrogen-bond donors (Lipinski definition) is 0. The number of pyridine rings is 1. The van der Waals surface area contributed by atoms with E-state index in [4.69, 9.17) is 4.74 Å². The van der Waals surface area contributed by atoms with Gasteiger partial charge in [-0.2, -0.15) is 0 Å². The molecule has 2 aromatic carbocycles. The van der Waals surface area contributed by atoms with Crippen LogP contribution < -0.4 is 14.5 Å². The smallest absolute Gasteiger partial charge is 0.260 e. The number of methoxy groups -OCH3 is 1. The van der Waals surface area contributed by atoms with E-state index in [0.717, 1.165) is 30.2 Å². The van der Waals surface area contributed by atoms with Crippen LogP contribution in [0.2, 0.25) is 0 Å². The molecule has 1 atom stereocenters. The molecule has 1 aromatic heterocycles. The first-order valence-electron chi connectivity index (χ1n) is 11.2. The van der Waals surface area contributed by atoms with Gasteiger partial charge >= 0.3 is 0 Å². The molecule has 168 valence electrons. The Morgan fingerprint density at radius 3 is 2.36 bits per heavy atom. The van der Waals surface area contributed by atoms with Crippen LogP contribution in [0.15, 0.2) is 72.9 Å². The van der Waals surface area contributed by atoms with Crippen molar-refractivity contribution in [2.45, 2.75) is 12.5 Å². The summed E-state index contributed by atoms with van der Waals surface area (Å²) in [7, 11) is 1.66. The van der Waals surface area contributed by atoms with E-state index >= 15 is 0 Å². The Bertz CT molecular complexity index is 1140. The first kappa shape index (κ1) is 21.0. The van der Waals surface area contributed by atoms with E-state index in [0.29, 0.717) is 24.3 Å². The van der Waals surface area contributed by atoms with Gasteiger partial charge in [0.05, 0.1) is 30.8 Å². The highest BCUT2D eigenvalue weighted by Crippen LogP contribution is 2.38. The highest BCUT2D eigenvalue weighted by Gasteiger charge is 2.40. The van der Waals surface area contributed by atoms with Crippen LogP contribution in [0.25, 0.3) is 0 Å². The van der Waals surface area contributed by atoms with Crippen LogP contribution in [0, 0.1) is 0 Å². The van der Waals surface area contributed by atoms with Crippen molar-refractivity contribution < 1.29 is 14.3 Å².